The second-order valence-corrected chi connectivity index (χ2v) is 8.36. The number of non-ortho nitro benzene ring substituents is 1. The maximum absolute atomic E-state index is 12.7. The average molecular weight is 388 g/mol. The first-order valence-electron chi connectivity index (χ1n) is 8.76. The van der Waals surface area contributed by atoms with Crippen molar-refractivity contribution in [3.63, 3.8) is 0 Å². The van der Waals surface area contributed by atoms with Crippen LogP contribution in [0.5, 0.6) is 0 Å². The van der Waals surface area contributed by atoms with Crippen LogP contribution in [0.1, 0.15) is 5.56 Å². The highest BCUT2D eigenvalue weighted by molar-refractivity contribution is 7.89. The van der Waals surface area contributed by atoms with Crippen LogP contribution in [0.2, 0.25) is 0 Å². The van der Waals surface area contributed by atoms with E-state index >= 15 is 0 Å². The average Bonchev–Trinajstić information content (AvgIpc) is 2.69. The van der Waals surface area contributed by atoms with Gasteiger partial charge in [-0.05, 0) is 17.7 Å². The molecule has 0 radical (unpaired) electrons. The number of hydrogen-bond acceptors (Lipinski definition) is 4. The van der Waals surface area contributed by atoms with Crippen molar-refractivity contribution in [2.45, 2.75) is 4.90 Å². The Morgan fingerprint density at radius 2 is 1.78 bits per heavy atom. The first-order valence-corrected chi connectivity index (χ1v) is 10.2. The van der Waals surface area contributed by atoms with Crippen molar-refractivity contribution in [3.05, 3.63) is 76.4 Å². The predicted octanol–water partition coefficient (Wildman–Crippen LogP) is 1.20. The third-order valence-electron chi connectivity index (χ3n) is 4.61. The molecule has 0 saturated carbocycles. The molecule has 27 heavy (non-hydrogen) atoms. The smallest absolute Gasteiger partial charge is 0.270 e. The van der Waals surface area contributed by atoms with Gasteiger partial charge in [-0.15, -0.1) is 0 Å². The minimum Gasteiger partial charge on any atom is -0.329 e. The standard InChI is InChI=1S/C19H21N3O4S/c23-22(24)18-9-4-10-19(16-18)27(25,26)21-14-12-20(13-15-21)11-5-8-17-6-2-1-3-7-17/h1-10,16H,11-15H2/p+1/b8-5+. The summed E-state index contributed by atoms with van der Waals surface area (Å²) >= 11 is 0. The van der Waals surface area contributed by atoms with E-state index < -0.39 is 14.9 Å². The van der Waals surface area contributed by atoms with Crippen molar-refractivity contribution in [2.75, 3.05) is 32.7 Å². The number of hydrogen-bond donors (Lipinski definition) is 1. The van der Waals surface area contributed by atoms with Gasteiger partial charge in [-0.2, -0.15) is 4.31 Å². The topological polar surface area (TPSA) is 85.0 Å². The molecule has 2 aromatic carbocycles. The molecule has 1 saturated heterocycles. The first kappa shape index (κ1) is 19.2. The predicted molar refractivity (Wildman–Crippen MR) is 103 cm³/mol. The molecular formula is C19H22N3O4S+. The summed E-state index contributed by atoms with van der Waals surface area (Å²) in [5.74, 6) is 0. The SMILES string of the molecule is O=[N+]([O-])c1cccc(S(=O)(=O)N2CC[NH+](C/C=C/c3ccccc3)CC2)c1. The fraction of sp³-hybridized carbons (Fsp3) is 0.263. The van der Waals surface area contributed by atoms with Crippen molar-refractivity contribution >= 4 is 21.8 Å². The normalized spacial score (nSPS) is 16.6. The summed E-state index contributed by atoms with van der Waals surface area (Å²) in [5.41, 5.74) is 0.926. The van der Waals surface area contributed by atoms with Crippen LogP contribution in [0.25, 0.3) is 6.08 Å². The fourth-order valence-corrected chi connectivity index (χ4v) is 4.56. The summed E-state index contributed by atoms with van der Waals surface area (Å²) in [6.45, 7) is 3.04. The molecule has 0 bridgehead atoms. The number of nitro benzene ring substituents is 1. The van der Waals surface area contributed by atoms with Crippen LogP contribution >= 0.6 is 0 Å². The van der Waals surface area contributed by atoms with Gasteiger partial charge in [-0.25, -0.2) is 8.42 Å². The lowest BCUT2D eigenvalue weighted by Crippen LogP contribution is -3.14. The molecule has 0 aromatic heterocycles. The number of quaternary nitrogens is 1. The molecule has 1 heterocycles. The largest absolute Gasteiger partial charge is 0.329 e. The second kappa shape index (κ2) is 8.43. The Morgan fingerprint density at radius 3 is 2.44 bits per heavy atom. The van der Waals surface area contributed by atoms with Gasteiger partial charge in [0.15, 0.2) is 0 Å². The van der Waals surface area contributed by atoms with E-state index in [1.807, 2.05) is 30.3 Å². The molecule has 8 heteroatoms. The minimum absolute atomic E-state index is 0.0240. The monoisotopic (exact) mass is 388 g/mol. The zero-order valence-electron chi connectivity index (χ0n) is 14.8. The van der Waals surface area contributed by atoms with E-state index in [9.17, 15) is 18.5 Å². The van der Waals surface area contributed by atoms with Gasteiger partial charge in [0.05, 0.1) is 42.5 Å². The number of nitrogens with zero attached hydrogens (tertiary/aromatic N) is 2. The van der Waals surface area contributed by atoms with Gasteiger partial charge >= 0.3 is 0 Å². The van der Waals surface area contributed by atoms with Gasteiger partial charge in [-0.3, -0.25) is 10.1 Å². The number of nitrogens with one attached hydrogen (secondary N) is 1. The van der Waals surface area contributed by atoms with Crippen molar-refractivity contribution < 1.29 is 18.2 Å². The molecule has 2 aromatic rings. The van der Waals surface area contributed by atoms with Gasteiger partial charge in [0.25, 0.3) is 5.69 Å². The van der Waals surface area contributed by atoms with Crippen molar-refractivity contribution in [1.82, 2.24) is 4.31 Å². The molecule has 3 rings (SSSR count). The van der Waals surface area contributed by atoms with Crippen molar-refractivity contribution in [3.8, 4) is 0 Å². The van der Waals surface area contributed by atoms with Crippen LogP contribution in [0.15, 0.2) is 65.6 Å². The number of rotatable bonds is 6. The second-order valence-electron chi connectivity index (χ2n) is 6.43. The Bertz CT molecular complexity index is 921. The first-order chi connectivity index (χ1) is 13.0. The minimum atomic E-state index is -3.71. The van der Waals surface area contributed by atoms with E-state index in [-0.39, 0.29) is 10.6 Å². The summed E-state index contributed by atoms with van der Waals surface area (Å²) in [6.07, 6.45) is 4.18. The van der Waals surface area contributed by atoms with Crippen molar-refractivity contribution in [1.29, 1.82) is 0 Å². The van der Waals surface area contributed by atoms with E-state index in [0.717, 1.165) is 18.2 Å². The van der Waals surface area contributed by atoms with Crippen LogP contribution in [0.4, 0.5) is 5.69 Å². The zero-order valence-corrected chi connectivity index (χ0v) is 15.6. The molecule has 1 aliphatic rings. The Balaban J connectivity index is 1.59. The molecule has 0 spiro atoms. The summed E-state index contributed by atoms with van der Waals surface area (Å²) < 4.78 is 26.9. The van der Waals surface area contributed by atoms with Gasteiger partial charge in [0.2, 0.25) is 10.0 Å². The van der Waals surface area contributed by atoms with Gasteiger partial charge < -0.3 is 4.90 Å². The van der Waals surface area contributed by atoms with E-state index in [4.69, 9.17) is 0 Å². The van der Waals surface area contributed by atoms with Crippen LogP contribution in [-0.4, -0.2) is 50.4 Å². The number of piperazine rings is 1. The highest BCUT2D eigenvalue weighted by Gasteiger charge is 2.30. The van der Waals surface area contributed by atoms with Gasteiger partial charge in [-0.1, -0.05) is 42.5 Å². The molecular weight excluding hydrogens is 366 g/mol. The molecule has 7 nitrogen and oxygen atoms in total. The lowest BCUT2D eigenvalue weighted by molar-refractivity contribution is -0.897. The summed E-state index contributed by atoms with van der Waals surface area (Å²) in [5, 5.41) is 10.9. The third kappa shape index (κ3) is 4.79. The zero-order chi connectivity index (χ0) is 19.3. The fourth-order valence-electron chi connectivity index (χ4n) is 3.08. The summed E-state index contributed by atoms with van der Waals surface area (Å²) in [7, 11) is -3.71. The Kier molecular flexibility index (Phi) is 6.00. The summed E-state index contributed by atoms with van der Waals surface area (Å²) in [6, 6.07) is 15.3. The number of sulfonamides is 1. The van der Waals surface area contributed by atoms with E-state index in [1.165, 1.54) is 27.4 Å². The Labute approximate surface area is 158 Å². The molecule has 142 valence electrons. The van der Waals surface area contributed by atoms with Gasteiger partial charge in [0.1, 0.15) is 0 Å². The number of benzene rings is 2. The number of nitro groups is 1. The van der Waals surface area contributed by atoms with Crippen LogP contribution in [-0.2, 0) is 10.0 Å². The van der Waals surface area contributed by atoms with Crippen LogP contribution < -0.4 is 4.90 Å². The molecule has 1 fully saturated rings. The Hall–Kier alpha value is -2.55. The quantitative estimate of drug-likeness (QED) is 0.595. The van der Waals surface area contributed by atoms with E-state index in [0.29, 0.717) is 26.2 Å². The molecule has 0 aliphatic carbocycles. The highest BCUT2D eigenvalue weighted by Crippen LogP contribution is 2.20. The maximum atomic E-state index is 12.7. The van der Waals surface area contributed by atoms with Crippen LogP contribution in [0.3, 0.4) is 0 Å². The van der Waals surface area contributed by atoms with E-state index in [1.54, 1.807) is 0 Å². The molecule has 0 atom stereocenters. The van der Waals surface area contributed by atoms with Crippen molar-refractivity contribution in [2.24, 2.45) is 0 Å². The lowest BCUT2D eigenvalue weighted by atomic mass is 10.2. The lowest BCUT2D eigenvalue weighted by Gasteiger charge is -2.30. The maximum Gasteiger partial charge on any atom is 0.270 e. The molecule has 0 amide bonds. The molecule has 1 aliphatic heterocycles. The van der Waals surface area contributed by atoms with Gasteiger partial charge in [0, 0.05) is 12.1 Å². The van der Waals surface area contributed by atoms with Crippen LogP contribution in [0, 0.1) is 10.1 Å². The molecule has 1 N–H and O–H groups in total. The Morgan fingerprint density at radius 1 is 1.07 bits per heavy atom. The molecule has 0 unspecified atom stereocenters. The van der Waals surface area contributed by atoms with E-state index in [2.05, 4.69) is 12.2 Å². The highest BCUT2D eigenvalue weighted by atomic mass is 32.2. The summed E-state index contributed by atoms with van der Waals surface area (Å²) in [4.78, 5) is 11.6. The third-order valence-corrected chi connectivity index (χ3v) is 6.51.